The van der Waals surface area contributed by atoms with E-state index in [2.05, 4.69) is 25.5 Å². The molecule has 9 heteroatoms. The number of nitrogens with one attached hydrogen (secondary N) is 2. The first-order valence-corrected chi connectivity index (χ1v) is 11.5. The third kappa shape index (κ3) is 4.76. The third-order valence-electron chi connectivity index (χ3n) is 5.36. The maximum Gasteiger partial charge on any atom is 0.319 e. The fourth-order valence-electron chi connectivity index (χ4n) is 3.66. The second-order valence-electron chi connectivity index (χ2n) is 7.92. The summed E-state index contributed by atoms with van der Waals surface area (Å²) < 4.78 is 19.6. The standard InChI is InChI=1S/C22H26FN5O2S/c1-13(2)19(20-14(3)17-10-15(23)4-5-18(17)30-20)27-22(29)26-16-11-24-21(25-12-16)28-6-8-31-9-7-28/h4-5,10-13,19H,6-9H2,1-3H3,(H2,26,27,29)/t19-/m1/s1. The highest BCUT2D eigenvalue weighted by atomic mass is 32.2. The lowest BCUT2D eigenvalue weighted by Gasteiger charge is -2.26. The van der Waals surface area contributed by atoms with Crippen molar-refractivity contribution in [2.45, 2.75) is 26.8 Å². The van der Waals surface area contributed by atoms with Gasteiger partial charge in [-0.2, -0.15) is 11.8 Å². The number of furan rings is 1. The monoisotopic (exact) mass is 443 g/mol. The number of rotatable bonds is 5. The van der Waals surface area contributed by atoms with Gasteiger partial charge in [-0.15, -0.1) is 0 Å². The quantitative estimate of drug-likeness (QED) is 0.593. The number of hydrogen-bond donors (Lipinski definition) is 2. The second kappa shape index (κ2) is 9.13. The van der Waals surface area contributed by atoms with Crippen molar-refractivity contribution >= 4 is 40.4 Å². The molecule has 164 valence electrons. The molecule has 3 aromatic rings. The van der Waals surface area contributed by atoms with Crippen molar-refractivity contribution in [2.24, 2.45) is 5.92 Å². The van der Waals surface area contributed by atoms with E-state index >= 15 is 0 Å². The molecule has 0 radical (unpaired) electrons. The lowest BCUT2D eigenvalue weighted by Crippen LogP contribution is -2.35. The van der Waals surface area contributed by atoms with Crippen LogP contribution in [0.3, 0.4) is 0 Å². The zero-order valence-electron chi connectivity index (χ0n) is 17.8. The molecule has 1 fully saturated rings. The van der Waals surface area contributed by atoms with Crippen LogP contribution in [0.25, 0.3) is 11.0 Å². The lowest BCUT2D eigenvalue weighted by atomic mass is 9.98. The van der Waals surface area contributed by atoms with Gasteiger partial charge in [0, 0.05) is 35.5 Å². The Labute approximate surface area is 184 Å². The van der Waals surface area contributed by atoms with Gasteiger partial charge in [-0.3, -0.25) is 0 Å². The molecule has 0 aliphatic carbocycles. The first-order valence-electron chi connectivity index (χ1n) is 10.3. The van der Waals surface area contributed by atoms with E-state index in [0.717, 1.165) is 30.2 Å². The summed E-state index contributed by atoms with van der Waals surface area (Å²) in [6.45, 7) is 7.71. The fourth-order valence-corrected chi connectivity index (χ4v) is 4.57. The van der Waals surface area contributed by atoms with Gasteiger partial charge in [0.05, 0.1) is 24.1 Å². The highest BCUT2D eigenvalue weighted by Gasteiger charge is 2.25. The number of benzene rings is 1. The number of hydrogen-bond acceptors (Lipinski definition) is 6. The SMILES string of the molecule is Cc1c([C@H](NC(=O)Nc2cnc(N3CCSCC3)nc2)C(C)C)oc2ccc(F)cc12. The van der Waals surface area contributed by atoms with E-state index in [4.69, 9.17) is 4.42 Å². The minimum absolute atomic E-state index is 0.0606. The minimum atomic E-state index is -0.379. The number of anilines is 2. The average Bonchev–Trinajstić information content (AvgIpc) is 3.08. The minimum Gasteiger partial charge on any atom is -0.459 e. The van der Waals surface area contributed by atoms with Crippen LogP contribution in [-0.2, 0) is 0 Å². The molecule has 7 nitrogen and oxygen atoms in total. The summed E-state index contributed by atoms with van der Waals surface area (Å²) in [6, 6.07) is 3.68. The van der Waals surface area contributed by atoms with Crippen LogP contribution in [0.2, 0.25) is 0 Å². The Hall–Kier alpha value is -2.81. The van der Waals surface area contributed by atoms with Crippen molar-refractivity contribution in [1.82, 2.24) is 15.3 Å². The molecule has 0 spiro atoms. The maximum atomic E-state index is 13.6. The second-order valence-corrected chi connectivity index (χ2v) is 9.15. The molecule has 2 amide bonds. The predicted molar refractivity (Wildman–Crippen MR) is 122 cm³/mol. The van der Waals surface area contributed by atoms with Crippen LogP contribution in [0.4, 0.5) is 20.8 Å². The van der Waals surface area contributed by atoms with Gasteiger partial charge in [-0.25, -0.2) is 19.2 Å². The van der Waals surface area contributed by atoms with Gasteiger partial charge in [0.2, 0.25) is 5.95 Å². The lowest BCUT2D eigenvalue weighted by molar-refractivity contribution is 0.241. The van der Waals surface area contributed by atoms with Crippen molar-refractivity contribution in [3.05, 3.63) is 47.7 Å². The van der Waals surface area contributed by atoms with Gasteiger partial charge in [-0.1, -0.05) is 13.8 Å². The van der Waals surface area contributed by atoms with Crippen LogP contribution >= 0.6 is 11.8 Å². The van der Waals surface area contributed by atoms with Gasteiger partial charge in [0.25, 0.3) is 0 Å². The molecule has 0 saturated carbocycles. The molecule has 1 saturated heterocycles. The van der Waals surface area contributed by atoms with E-state index in [1.54, 1.807) is 18.5 Å². The number of carbonyl (C=O) groups excluding carboxylic acids is 1. The molecule has 31 heavy (non-hydrogen) atoms. The molecule has 1 aliphatic heterocycles. The highest BCUT2D eigenvalue weighted by molar-refractivity contribution is 7.99. The largest absolute Gasteiger partial charge is 0.459 e. The Balaban J connectivity index is 1.46. The summed E-state index contributed by atoms with van der Waals surface area (Å²) in [5, 5.41) is 6.47. The van der Waals surface area contributed by atoms with Gasteiger partial charge >= 0.3 is 6.03 Å². The molecule has 1 aliphatic rings. The number of thioether (sulfide) groups is 1. The number of fused-ring (bicyclic) bond motifs is 1. The summed E-state index contributed by atoms with van der Waals surface area (Å²) in [4.78, 5) is 23.6. The Bertz CT molecular complexity index is 1060. The van der Waals surface area contributed by atoms with Gasteiger partial charge in [0.15, 0.2) is 0 Å². The van der Waals surface area contributed by atoms with Crippen molar-refractivity contribution in [3.63, 3.8) is 0 Å². The van der Waals surface area contributed by atoms with Gasteiger partial charge in [0.1, 0.15) is 17.2 Å². The van der Waals surface area contributed by atoms with Crippen molar-refractivity contribution in [3.8, 4) is 0 Å². The van der Waals surface area contributed by atoms with Gasteiger partial charge < -0.3 is 20.0 Å². The van der Waals surface area contributed by atoms with E-state index in [1.807, 2.05) is 32.5 Å². The van der Waals surface area contributed by atoms with Crippen molar-refractivity contribution in [2.75, 3.05) is 34.8 Å². The summed E-state index contributed by atoms with van der Waals surface area (Å²) in [6.07, 6.45) is 3.23. The smallest absolute Gasteiger partial charge is 0.319 e. The van der Waals surface area contributed by atoms with Crippen LogP contribution in [0, 0.1) is 18.7 Å². The maximum absolute atomic E-state index is 13.6. The van der Waals surface area contributed by atoms with Crippen LogP contribution in [-0.4, -0.2) is 40.6 Å². The summed E-state index contributed by atoms with van der Waals surface area (Å²) in [5.74, 6) is 3.18. The normalized spacial score (nSPS) is 15.3. The van der Waals surface area contributed by atoms with Gasteiger partial charge in [-0.05, 0) is 31.0 Å². The first-order chi connectivity index (χ1) is 14.9. The number of carbonyl (C=O) groups is 1. The average molecular weight is 444 g/mol. The number of aryl methyl sites for hydroxylation is 1. The van der Waals surface area contributed by atoms with E-state index in [9.17, 15) is 9.18 Å². The Morgan fingerprint density at radius 1 is 1.23 bits per heavy atom. The zero-order chi connectivity index (χ0) is 22.0. The molecule has 0 unspecified atom stereocenters. The molecule has 3 heterocycles. The zero-order valence-corrected chi connectivity index (χ0v) is 18.6. The molecule has 4 rings (SSSR count). The number of aromatic nitrogens is 2. The predicted octanol–water partition coefficient (Wildman–Crippen LogP) is 4.74. The molecule has 1 aromatic carbocycles. The first kappa shape index (κ1) is 21.4. The van der Waals surface area contributed by atoms with Crippen LogP contribution in [0.15, 0.2) is 35.0 Å². The summed E-state index contributed by atoms with van der Waals surface area (Å²) >= 11 is 1.93. The topological polar surface area (TPSA) is 83.3 Å². The van der Waals surface area contributed by atoms with Crippen molar-refractivity contribution < 1.29 is 13.6 Å². The Morgan fingerprint density at radius 2 is 1.94 bits per heavy atom. The van der Waals surface area contributed by atoms with E-state index < -0.39 is 0 Å². The Kier molecular flexibility index (Phi) is 6.31. The van der Waals surface area contributed by atoms with Crippen molar-refractivity contribution in [1.29, 1.82) is 0 Å². The molecule has 0 bridgehead atoms. The van der Waals surface area contributed by atoms with Crippen LogP contribution in [0.5, 0.6) is 0 Å². The molecule has 1 atom stereocenters. The van der Waals surface area contributed by atoms with Crippen LogP contribution in [0.1, 0.15) is 31.2 Å². The highest BCUT2D eigenvalue weighted by Crippen LogP contribution is 2.33. The number of amides is 2. The molecular weight excluding hydrogens is 417 g/mol. The third-order valence-corrected chi connectivity index (χ3v) is 6.30. The molecule has 2 aromatic heterocycles. The molecular formula is C22H26FN5O2S. The van der Waals surface area contributed by atoms with Crippen LogP contribution < -0.4 is 15.5 Å². The number of urea groups is 1. The number of halogens is 1. The van der Waals surface area contributed by atoms with E-state index in [-0.39, 0.29) is 23.8 Å². The van der Waals surface area contributed by atoms with E-state index in [0.29, 0.717) is 28.4 Å². The molecule has 2 N–H and O–H groups in total. The Morgan fingerprint density at radius 3 is 2.61 bits per heavy atom. The number of nitrogens with zero attached hydrogens (tertiary/aromatic N) is 3. The van der Waals surface area contributed by atoms with E-state index in [1.165, 1.54) is 12.1 Å². The summed E-state index contributed by atoms with van der Waals surface area (Å²) in [5.41, 5.74) is 1.93. The fraction of sp³-hybridized carbons (Fsp3) is 0.409. The summed E-state index contributed by atoms with van der Waals surface area (Å²) in [7, 11) is 0.